The lowest BCUT2D eigenvalue weighted by atomic mass is 10.2. The second-order valence-corrected chi connectivity index (χ2v) is 3.39. The molecule has 0 radical (unpaired) electrons. The molecule has 0 aromatic carbocycles. The van der Waals surface area contributed by atoms with Crippen molar-refractivity contribution in [3.63, 3.8) is 0 Å². The molecule has 0 unspecified atom stereocenters. The quantitative estimate of drug-likeness (QED) is 0.662. The van der Waals surface area contributed by atoms with Crippen molar-refractivity contribution >= 4 is 5.91 Å². The van der Waals surface area contributed by atoms with E-state index in [2.05, 4.69) is 31.0 Å². The van der Waals surface area contributed by atoms with E-state index in [-0.39, 0.29) is 5.91 Å². The second kappa shape index (κ2) is 6.00. The van der Waals surface area contributed by atoms with Crippen LogP contribution in [0.3, 0.4) is 0 Å². The zero-order valence-electron chi connectivity index (χ0n) is 8.55. The van der Waals surface area contributed by atoms with E-state index in [1.807, 2.05) is 0 Å². The minimum Gasteiger partial charge on any atom is -0.358 e. The highest BCUT2D eigenvalue weighted by Crippen LogP contribution is 1.97. The van der Waals surface area contributed by atoms with Crippen LogP contribution in [0.5, 0.6) is 0 Å². The first-order valence-electron chi connectivity index (χ1n) is 4.53. The van der Waals surface area contributed by atoms with Crippen molar-refractivity contribution in [2.75, 3.05) is 26.7 Å². The first-order valence-corrected chi connectivity index (χ1v) is 4.53. The van der Waals surface area contributed by atoms with E-state index in [9.17, 15) is 4.79 Å². The molecule has 0 aromatic rings. The van der Waals surface area contributed by atoms with E-state index < -0.39 is 0 Å². The lowest BCUT2D eigenvalue weighted by Gasteiger charge is -2.21. The van der Waals surface area contributed by atoms with Crippen molar-refractivity contribution in [3.8, 4) is 0 Å². The molecule has 0 atom stereocenters. The maximum absolute atomic E-state index is 11.0. The number of rotatable bonds is 5. The molecule has 3 nitrogen and oxygen atoms in total. The summed E-state index contributed by atoms with van der Waals surface area (Å²) in [5, 5.41) is 2.62. The molecule has 0 aliphatic rings. The fourth-order valence-electron chi connectivity index (χ4n) is 1.10. The molecule has 0 aromatic heterocycles. The molecule has 0 bridgehead atoms. The molecule has 0 heterocycles. The number of hydrogen-bond donors (Lipinski definition) is 1. The summed E-state index contributed by atoms with van der Waals surface area (Å²) in [7, 11) is 1.67. The van der Waals surface area contributed by atoms with Crippen LogP contribution in [-0.2, 0) is 4.79 Å². The molecule has 0 saturated heterocycles. The number of hydrogen-bond acceptors (Lipinski definition) is 2. The zero-order chi connectivity index (χ0) is 9.56. The minimum absolute atomic E-state index is 0.0949. The van der Waals surface area contributed by atoms with Gasteiger partial charge in [0, 0.05) is 13.6 Å². The summed E-state index contributed by atoms with van der Waals surface area (Å²) in [6.45, 7) is 8.84. The predicted molar refractivity (Wildman–Crippen MR) is 51.0 cm³/mol. The molecule has 0 saturated carbocycles. The molecule has 72 valence electrons. The first-order chi connectivity index (χ1) is 5.60. The van der Waals surface area contributed by atoms with Crippen molar-refractivity contribution in [1.82, 2.24) is 10.2 Å². The fourth-order valence-corrected chi connectivity index (χ4v) is 1.10. The van der Waals surface area contributed by atoms with Crippen LogP contribution in [0.4, 0.5) is 0 Å². The van der Waals surface area contributed by atoms with Crippen LogP contribution in [0, 0.1) is 5.92 Å². The lowest BCUT2D eigenvalue weighted by Crippen LogP contribution is -2.37. The number of nitrogens with one attached hydrogen (secondary N) is 1. The van der Waals surface area contributed by atoms with Crippen LogP contribution in [0.15, 0.2) is 0 Å². The predicted octanol–water partition coefficient (Wildman–Crippen LogP) is 0.710. The monoisotopic (exact) mass is 172 g/mol. The smallest absolute Gasteiger partial charge is 0.233 e. The van der Waals surface area contributed by atoms with E-state index in [0.717, 1.165) is 13.1 Å². The Hall–Kier alpha value is -0.570. The minimum atomic E-state index is 0.0949. The topological polar surface area (TPSA) is 32.3 Å². The number of carbonyl (C=O) groups is 1. The van der Waals surface area contributed by atoms with Crippen molar-refractivity contribution in [3.05, 3.63) is 0 Å². The van der Waals surface area contributed by atoms with Gasteiger partial charge in [0.15, 0.2) is 0 Å². The van der Waals surface area contributed by atoms with Crippen LogP contribution < -0.4 is 5.32 Å². The molecule has 0 aliphatic carbocycles. The summed E-state index contributed by atoms with van der Waals surface area (Å²) >= 11 is 0. The number of carbonyl (C=O) groups excluding carboxylic acids is 1. The Morgan fingerprint density at radius 3 is 2.42 bits per heavy atom. The number of likely N-dealkylation sites (N-methyl/N-ethyl adjacent to an activating group) is 2. The second-order valence-electron chi connectivity index (χ2n) is 3.39. The van der Waals surface area contributed by atoms with Gasteiger partial charge >= 0.3 is 0 Å². The van der Waals surface area contributed by atoms with Gasteiger partial charge < -0.3 is 5.32 Å². The van der Waals surface area contributed by atoms with Gasteiger partial charge in [-0.05, 0) is 12.5 Å². The number of amides is 1. The van der Waals surface area contributed by atoms with E-state index in [1.54, 1.807) is 7.05 Å². The molecular formula is C9H20N2O. The third-order valence-electron chi connectivity index (χ3n) is 1.72. The Bertz CT molecular complexity index is 134. The van der Waals surface area contributed by atoms with Crippen LogP contribution in [0.1, 0.15) is 20.8 Å². The molecule has 1 amide bonds. The van der Waals surface area contributed by atoms with E-state index >= 15 is 0 Å². The van der Waals surface area contributed by atoms with Crippen molar-refractivity contribution in [1.29, 1.82) is 0 Å². The molecule has 0 rings (SSSR count). The normalized spacial score (nSPS) is 10.8. The van der Waals surface area contributed by atoms with E-state index in [1.165, 1.54) is 0 Å². The van der Waals surface area contributed by atoms with E-state index in [4.69, 9.17) is 0 Å². The summed E-state index contributed by atoms with van der Waals surface area (Å²) in [5.74, 6) is 0.715. The van der Waals surface area contributed by atoms with Crippen LogP contribution >= 0.6 is 0 Å². The average Bonchev–Trinajstić information content (AvgIpc) is 2.02. The standard InChI is InChI=1S/C9H20N2O/c1-5-11(6-8(2)3)7-9(12)10-4/h8H,5-7H2,1-4H3,(H,10,12). The SMILES string of the molecule is CCN(CC(=O)NC)CC(C)C. The van der Waals surface area contributed by atoms with Gasteiger partial charge in [-0.15, -0.1) is 0 Å². The first kappa shape index (κ1) is 11.4. The van der Waals surface area contributed by atoms with Gasteiger partial charge in [-0.3, -0.25) is 9.69 Å². The Kier molecular flexibility index (Phi) is 5.72. The van der Waals surface area contributed by atoms with E-state index in [0.29, 0.717) is 12.5 Å². The maximum atomic E-state index is 11.0. The van der Waals surface area contributed by atoms with Gasteiger partial charge in [-0.25, -0.2) is 0 Å². The van der Waals surface area contributed by atoms with Gasteiger partial charge in [0.25, 0.3) is 0 Å². The molecule has 0 fully saturated rings. The highest BCUT2D eigenvalue weighted by molar-refractivity contribution is 5.77. The Morgan fingerprint density at radius 2 is 2.08 bits per heavy atom. The van der Waals surface area contributed by atoms with Gasteiger partial charge in [-0.2, -0.15) is 0 Å². The van der Waals surface area contributed by atoms with Crippen molar-refractivity contribution < 1.29 is 4.79 Å². The Labute approximate surface area is 75.1 Å². The number of nitrogens with zero attached hydrogens (tertiary/aromatic N) is 1. The van der Waals surface area contributed by atoms with Crippen molar-refractivity contribution in [2.45, 2.75) is 20.8 Å². The highest BCUT2D eigenvalue weighted by atomic mass is 16.1. The summed E-state index contributed by atoms with van der Waals surface area (Å²) in [6.07, 6.45) is 0. The van der Waals surface area contributed by atoms with Gasteiger partial charge in [0.1, 0.15) is 0 Å². The third-order valence-corrected chi connectivity index (χ3v) is 1.72. The van der Waals surface area contributed by atoms with Crippen molar-refractivity contribution in [2.24, 2.45) is 5.92 Å². The summed E-state index contributed by atoms with van der Waals surface area (Å²) in [5.41, 5.74) is 0. The maximum Gasteiger partial charge on any atom is 0.233 e. The van der Waals surface area contributed by atoms with Gasteiger partial charge in [0.2, 0.25) is 5.91 Å². The van der Waals surface area contributed by atoms with Gasteiger partial charge in [0.05, 0.1) is 6.54 Å². The van der Waals surface area contributed by atoms with Gasteiger partial charge in [-0.1, -0.05) is 20.8 Å². The summed E-state index contributed by atoms with van der Waals surface area (Å²) in [6, 6.07) is 0. The molecule has 3 heteroatoms. The molecular weight excluding hydrogens is 152 g/mol. The van der Waals surface area contributed by atoms with Crippen LogP contribution in [-0.4, -0.2) is 37.5 Å². The molecule has 12 heavy (non-hydrogen) atoms. The average molecular weight is 172 g/mol. The largest absolute Gasteiger partial charge is 0.358 e. The summed E-state index contributed by atoms with van der Waals surface area (Å²) in [4.78, 5) is 13.2. The lowest BCUT2D eigenvalue weighted by molar-refractivity contribution is -0.121. The molecule has 0 spiro atoms. The highest BCUT2D eigenvalue weighted by Gasteiger charge is 2.08. The molecule has 0 aliphatic heterocycles. The molecule has 1 N–H and O–H groups in total. The Balaban J connectivity index is 3.74. The van der Waals surface area contributed by atoms with Crippen LogP contribution in [0.25, 0.3) is 0 Å². The summed E-state index contributed by atoms with van der Waals surface area (Å²) < 4.78 is 0. The zero-order valence-corrected chi connectivity index (χ0v) is 8.55. The third kappa shape index (κ3) is 5.13. The van der Waals surface area contributed by atoms with Crippen LogP contribution in [0.2, 0.25) is 0 Å². The Morgan fingerprint density at radius 1 is 1.50 bits per heavy atom. The fraction of sp³-hybridized carbons (Fsp3) is 0.889.